The maximum atomic E-state index is 10.2. The summed E-state index contributed by atoms with van der Waals surface area (Å²) in [6.07, 6.45) is 0. The molecule has 3 N–H and O–H groups in total. The van der Waals surface area contributed by atoms with Crippen LogP contribution in [0.15, 0.2) is 42.5 Å². The van der Waals surface area contributed by atoms with Gasteiger partial charge >= 0.3 is 0 Å². The monoisotopic (exact) mass is 320 g/mol. The number of nitrogens with two attached hydrogens (primary N) is 1. The molecule has 0 heterocycles. The minimum Gasteiger partial charge on any atom is -0.506 e. The van der Waals surface area contributed by atoms with E-state index in [0.29, 0.717) is 23.0 Å². The lowest BCUT2D eigenvalue weighted by molar-refractivity contribution is 0.0532. The van der Waals surface area contributed by atoms with E-state index in [4.69, 9.17) is 22.2 Å². The minimum absolute atomic E-state index is 0.0323. The summed E-state index contributed by atoms with van der Waals surface area (Å²) in [5.41, 5.74) is 7.20. The van der Waals surface area contributed by atoms with Gasteiger partial charge in [0.2, 0.25) is 0 Å². The first-order valence-electron chi connectivity index (χ1n) is 7.04. The molecule has 2 rings (SSSR count). The molecule has 0 aliphatic carbocycles. The molecule has 0 unspecified atom stereocenters. The number of anilines is 2. The Hall–Kier alpha value is -1.91. The minimum atomic E-state index is -0.369. The molecule has 2 aromatic rings. The third kappa shape index (κ3) is 3.84. The average Bonchev–Trinajstić information content (AvgIpc) is 2.44. The summed E-state index contributed by atoms with van der Waals surface area (Å²) >= 11 is 6.08. The molecule has 0 fully saturated rings. The van der Waals surface area contributed by atoms with E-state index in [1.807, 2.05) is 51.1 Å². The van der Waals surface area contributed by atoms with Gasteiger partial charge in [-0.1, -0.05) is 41.9 Å². The number of halogens is 1. The molecule has 0 aliphatic rings. The van der Waals surface area contributed by atoms with E-state index in [9.17, 15) is 5.11 Å². The molecule has 0 spiro atoms. The zero-order chi connectivity index (χ0) is 16.3. The van der Waals surface area contributed by atoms with Gasteiger partial charge < -0.3 is 10.8 Å². The van der Waals surface area contributed by atoms with Gasteiger partial charge in [-0.2, -0.15) is 0 Å². The number of nitrogen functional groups attached to an aromatic ring is 1. The van der Waals surface area contributed by atoms with Gasteiger partial charge in [0.25, 0.3) is 0 Å². The van der Waals surface area contributed by atoms with Gasteiger partial charge in [0.05, 0.1) is 22.9 Å². The van der Waals surface area contributed by atoms with E-state index in [-0.39, 0.29) is 11.3 Å². The highest BCUT2D eigenvalue weighted by Gasteiger charge is 2.26. The molecule has 0 aliphatic heterocycles. The SMILES string of the molecule is CC(C)(C)N(OCc1ccccc1)c1cc(Cl)c(N)cc1O. The predicted molar refractivity (Wildman–Crippen MR) is 91.0 cm³/mol. The largest absolute Gasteiger partial charge is 0.506 e. The Morgan fingerprint density at radius 2 is 1.82 bits per heavy atom. The number of nitrogens with zero attached hydrogens (tertiary/aromatic N) is 1. The molecule has 0 radical (unpaired) electrons. The van der Waals surface area contributed by atoms with E-state index < -0.39 is 0 Å². The molecule has 118 valence electrons. The summed E-state index contributed by atoms with van der Waals surface area (Å²) < 4.78 is 0. The average molecular weight is 321 g/mol. The van der Waals surface area contributed by atoms with Gasteiger partial charge in [-0.05, 0) is 32.4 Å². The maximum absolute atomic E-state index is 10.2. The molecule has 4 nitrogen and oxygen atoms in total. The number of rotatable bonds is 4. The maximum Gasteiger partial charge on any atom is 0.143 e. The van der Waals surface area contributed by atoms with E-state index in [0.717, 1.165) is 5.56 Å². The van der Waals surface area contributed by atoms with Crippen molar-refractivity contribution in [2.45, 2.75) is 32.9 Å². The summed E-state index contributed by atoms with van der Waals surface area (Å²) in [6, 6.07) is 12.9. The third-order valence-electron chi connectivity index (χ3n) is 3.13. The first-order chi connectivity index (χ1) is 10.3. The molecule has 0 saturated heterocycles. The van der Waals surface area contributed by atoms with Crippen molar-refractivity contribution >= 4 is 23.0 Å². The molecule has 0 atom stereocenters. The lowest BCUT2D eigenvalue weighted by atomic mass is 10.1. The van der Waals surface area contributed by atoms with Crippen molar-refractivity contribution in [1.29, 1.82) is 0 Å². The summed E-state index contributed by atoms with van der Waals surface area (Å²) in [5, 5.41) is 12.2. The van der Waals surface area contributed by atoms with Crippen LogP contribution in [0.3, 0.4) is 0 Å². The van der Waals surface area contributed by atoms with Gasteiger partial charge in [0.1, 0.15) is 11.4 Å². The highest BCUT2D eigenvalue weighted by Crippen LogP contribution is 2.38. The van der Waals surface area contributed by atoms with Crippen molar-refractivity contribution in [2.75, 3.05) is 10.8 Å². The number of hydrogen-bond acceptors (Lipinski definition) is 4. The normalized spacial score (nSPS) is 11.5. The number of phenols is 1. The van der Waals surface area contributed by atoms with Gasteiger partial charge in [-0.3, -0.25) is 4.84 Å². The summed E-state index contributed by atoms with van der Waals surface area (Å²) in [7, 11) is 0. The highest BCUT2D eigenvalue weighted by molar-refractivity contribution is 6.33. The Labute approximate surface area is 136 Å². The van der Waals surface area contributed by atoms with E-state index >= 15 is 0 Å². The fourth-order valence-electron chi connectivity index (χ4n) is 2.07. The van der Waals surface area contributed by atoms with Crippen LogP contribution in [0, 0.1) is 0 Å². The lowest BCUT2D eigenvalue weighted by Crippen LogP contribution is -2.41. The fourth-order valence-corrected chi connectivity index (χ4v) is 2.23. The lowest BCUT2D eigenvalue weighted by Gasteiger charge is -2.36. The van der Waals surface area contributed by atoms with E-state index in [1.54, 1.807) is 11.1 Å². The van der Waals surface area contributed by atoms with Crippen molar-refractivity contribution in [2.24, 2.45) is 0 Å². The van der Waals surface area contributed by atoms with Crippen LogP contribution >= 0.6 is 11.6 Å². The molecule has 5 heteroatoms. The second-order valence-corrected chi connectivity index (χ2v) is 6.49. The molecule has 0 saturated carbocycles. The second kappa shape index (κ2) is 6.46. The molecule has 22 heavy (non-hydrogen) atoms. The highest BCUT2D eigenvalue weighted by atomic mass is 35.5. The molecule has 2 aromatic carbocycles. The zero-order valence-electron chi connectivity index (χ0n) is 13.0. The van der Waals surface area contributed by atoms with E-state index in [1.165, 1.54) is 6.07 Å². The van der Waals surface area contributed by atoms with Crippen LogP contribution in [-0.4, -0.2) is 10.6 Å². The van der Waals surface area contributed by atoms with Crippen LogP contribution < -0.4 is 10.8 Å². The summed E-state index contributed by atoms with van der Waals surface area (Å²) in [4.78, 5) is 5.93. The Morgan fingerprint density at radius 1 is 1.18 bits per heavy atom. The van der Waals surface area contributed by atoms with Crippen molar-refractivity contribution in [3.8, 4) is 5.75 Å². The predicted octanol–water partition coefficient (Wildman–Crippen LogP) is 4.36. The first kappa shape index (κ1) is 16.5. The molecule has 0 bridgehead atoms. The smallest absolute Gasteiger partial charge is 0.143 e. The molecular formula is C17H21ClN2O2. The van der Waals surface area contributed by atoms with E-state index in [2.05, 4.69) is 0 Å². The molecule has 0 aromatic heterocycles. The number of benzene rings is 2. The van der Waals surface area contributed by atoms with Crippen molar-refractivity contribution in [3.63, 3.8) is 0 Å². The van der Waals surface area contributed by atoms with Crippen LogP contribution in [0.5, 0.6) is 5.75 Å². The summed E-state index contributed by atoms with van der Waals surface area (Å²) in [5.74, 6) is 0.0323. The number of hydroxylamine groups is 1. The van der Waals surface area contributed by atoms with Crippen molar-refractivity contribution in [1.82, 2.24) is 0 Å². The third-order valence-corrected chi connectivity index (χ3v) is 3.45. The van der Waals surface area contributed by atoms with Crippen LogP contribution in [0.1, 0.15) is 26.3 Å². The van der Waals surface area contributed by atoms with Crippen molar-refractivity contribution < 1.29 is 9.94 Å². The number of aromatic hydroxyl groups is 1. The fraction of sp³-hybridized carbons (Fsp3) is 0.294. The number of phenolic OH excluding ortho intramolecular Hbond substituents is 1. The molecule has 0 amide bonds. The van der Waals surface area contributed by atoms with Gasteiger partial charge in [0, 0.05) is 6.07 Å². The molecular weight excluding hydrogens is 300 g/mol. The standard InChI is InChI=1S/C17H21ClN2O2/c1-17(2,3)20(22-11-12-7-5-4-6-8-12)15-9-13(18)14(19)10-16(15)21/h4-10,21H,11,19H2,1-3H3. The van der Waals surface area contributed by atoms with Gasteiger partial charge in [-0.25, -0.2) is 5.06 Å². The van der Waals surface area contributed by atoms with Crippen molar-refractivity contribution in [3.05, 3.63) is 53.1 Å². The van der Waals surface area contributed by atoms with Gasteiger partial charge in [0.15, 0.2) is 0 Å². The van der Waals surface area contributed by atoms with Crippen LogP contribution in [0.2, 0.25) is 5.02 Å². The second-order valence-electron chi connectivity index (χ2n) is 6.09. The Bertz CT molecular complexity index is 639. The Morgan fingerprint density at radius 3 is 2.41 bits per heavy atom. The van der Waals surface area contributed by atoms with Crippen LogP contribution in [0.25, 0.3) is 0 Å². The Balaban J connectivity index is 2.29. The van der Waals surface area contributed by atoms with Crippen LogP contribution in [-0.2, 0) is 11.4 Å². The quantitative estimate of drug-likeness (QED) is 0.649. The number of hydrogen-bond donors (Lipinski definition) is 2. The first-order valence-corrected chi connectivity index (χ1v) is 7.42. The summed E-state index contributed by atoms with van der Waals surface area (Å²) in [6.45, 7) is 6.35. The van der Waals surface area contributed by atoms with Crippen LogP contribution in [0.4, 0.5) is 11.4 Å². The topological polar surface area (TPSA) is 58.7 Å². The van der Waals surface area contributed by atoms with Gasteiger partial charge in [-0.15, -0.1) is 0 Å². The zero-order valence-corrected chi connectivity index (χ0v) is 13.8. The Kier molecular flexibility index (Phi) is 4.84.